The van der Waals surface area contributed by atoms with Crippen LogP contribution in [0.25, 0.3) is 10.9 Å². The van der Waals surface area contributed by atoms with Gasteiger partial charge in [-0.15, -0.1) is 0 Å². The lowest BCUT2D eigenvalue weighted by molar-refractivity contribution is 0.184. The number of halogens is 1. The van der Waals surface area contributed by atoms with E-state index in [2.05, 4.69) is 10.3 Å². The third-order valence-corrected chi connectivity index (χ3v) is 6.00. The number of H-pyrrole nitrogens is 1. The summed E-state index contributed by atoms with van der Waals surface area (Å²) in [6, 6.07) is 13.3. The van der Waals surface area contributed by atoms with Gasteiger partial charge in [0.15, 0.2) is 0 Å². The predicted molar refractivity (Wildman–Crippen MR) is 122 cm³/mol. The van der Waals surface area contributed by atoms with Crippen LogP contribution in [0.2, 0.25) is 0 Å². The fourth-order valence-corrected chi connectivity index (χ4v) is 4.20. The number of aromatic amines is 1. The maximum Gasteiger partial charge on any atom is 0.318 e. The minimum absolute atomic E-state index is 0.146. The number of rotatable bonds is 6. The number of carbonyl (C=O) groups excluding carboxylic acids is 1. The lowest BCUT2D eigenvalue weighted by Crippen LogP contribution is -2.45. The molecular formula is C25H28FN3O3. The lowest BCUT2D eigenvalue weighted by Gasteiger charge is -2.28. The predicted octanol–water partition coefficient (Wildman–Crippen LogP) is 4.72. The minimum Gasteiger partial charge on any atom is -0.497 e. The minimum atomic E-state index is -0.326. The van der Waals surface area contributed by atoms with Crippen LogP contribution in [0.3, 0.4) is 0 Å². The molecule has 0 saturated heterocycles. The van der Waals surface area contributed by atoms with Crippen molar-refractivity contribution in [1.29, 1.82) is 0 Å². The molecule has 1 aliphatic carbocycles. The number of methoxy groups -OCH3 is 1. The van der Waals surface area contributed by atoms with E-state index in [4.69, 9.17) is 4.74 Å². The Morgan fingerprint density at radius 2 is 1.84 bits per heavy atom. The smallest absolute Gasteiger partial charge is 0.318 e. The molecule has 32 heavy (non-hydrogen) atoms. The molecular weight excluding hydrogens is 409 g/mol. The lowest BCUT2D eigenvalue weighted by atomic mass is 9.96. The Morgan fingerprint density at radius 3 is 2.56 bits per heavy atom. The second-order valence-corrected chi connectivity index (χ2v) is 8.34. The Balaban J connectivity index is 1.59. The van der Waals surface area contributed by atoms with Gasteiger partial charge in [-0.1, -0.05) is 31.4 Å². The molecule has 2 N–H and O–H groups in total. The number of ether oxygens (including phenoxy) is 1. The zero-order valence-corrected chi connectivity index (χ0v) is 18.2. The van der Waals surface area contributed by atoms with Crippen LogP contribution < -0.4 is 15.6 Å². The maximum atomic E-state index is 13.3. The van der Waals surface area contributed by atoms with Gasteiger partial charge in [-0.25, -0.2) is 9.18 Å². The number of amides is 2. The van der Waals surface area contributed by atoms with Crippen molar-refractivity contribution in [1.82, 2.24) is 15.2 Å². The van der Waals surface area contributed by atoms with Gasteiger partial charge in [0.1, 0.15) is 11.6 Å². The topological polar surface area (TPSA) is 74.4 Å². The van der Waals surface area contributed by atoms with Gasteiger partial charge in [-0.3, -0.25) is 4.79 Å². The van der Waals surface area contributed by atoms with Gasteiger partial charge in [-0.05, 0) is 54.1 Å². The van der Waals surface area contributed by atoms with Gasteiger partial charge in [0, 0.05) is 24.2 Å². The standard InChI is InChI=1S/C25H28FN3O3/c1-32-22-12-9-18-13-19(24(30)28-23(18)14-22)16-29(15-17-7-10-20(26)11-8-17)25(31)27-21-5-3-2-4-6-21/h7-14,21H,2-6,15-16H2,1H3,(H,27,31)(H,28,30). The molecule has 2 amide bonds. The van der Waals surface area contributed by atoms with Crippen LogP contribution in [0.5, 0.6) is 5.75 Å². The summed E-state index contributed by atoms with van der Waals surface area (Å²) < 4.78 is 18.6. The van der Waals surface area contributed by atoms with Crippen LogP contribution in [0.1, 0.15) is 43.2 Å². The summed E-state index contributed by atoms with van der Waals surface area (Å²) in [5, 5.41) is 3.98. The molecule has 1 aromatic heterocycles. The van der Waals surface area contributed by atoms with E-state index in [1.54, 1.807) is 36.3 Å². The number of nitrogens with one attached hydrogen (secondary N) is 2. The van der Waals surface area contributed by atoms with E-state index >= 15 is 0 Å². The second-order valence-electron chi connectivity index (χ2n) is 8.34. The fraction of sp³-hybridized carbons (Fsp3) is 0.360. The summed E-state index contributed by atoms with van der Waals surface area (Å²) >= 11 is 0. The molecule has 1 saturated carbocycles. The van der Waals surface area contributed by atoms with Gasteiger partial charge in [0.25, 0.3) is 5.56 Å². The number of nitrogens with zero attached hydrogens (tertiary/aromatic N) is 1. The molecule has 1 fully saturated rings. The van der Waals surface area contributed by atoms with Crippen molar-refractivity contribution in [2.24, 2.45) is 0 Å². The summed E-state index contributed by atoms with van der Waals surface area (Å²) in [4.78, 5) is 30.4. The first-order valence-electron chi connectivity index (χ1n) is 11.0. The number of aromatic nitrogens is 1. The molecule has 168 valence electrons. The molecule has 0 spiro atoms. The summed E-state index contributed by atoms with van der Waals surface area (Å²) in [6.45, 7) is 0.423. The molecule has 0 radical (unpaired) electrons. The van der Waals surface area contributed by atoms with Crippen LogP contribution in [-0.2, 0) is 13.1 Å². The quantitative estimate of drug-likeness (QED) is 0.586. The number of urea groups is 1. The molecule has 0 bridgehead atoms. The Bertz CT molecular complexity index is 1140. The molecule has 7 heteroatoms. The molecule has 4 rings (SSSR count). The van der Waals surface area contributed by atoms with Gasteiger partial charge in [-0.2, -0.15) is 0 Å². The van der Waals surface area contributed by atoms with E-state index in [0.717, 1.165) is 36.6 Å². The number of hydrogen-bond donors (Lipinski definition) is 2. The molecule has 6 nitrogen and oxygen atoms in total. The SMILES string of the molecule is COc1ccc2cc(CN(Cc3ccc(F)cc3)C(=O)NC3CCCCC3)c(=O)[nH]c2c1. The molecule has 0 aliphatic heterocycles. The van der Waals surface area contributed by atoms with Crippen LogP contribution in [0.4, 0.5) is 9.18 Å². The first-order valence-corrected chi connectivity index (χ1v) is 11.0. The third-order valence-electron chi connectivity index (χ3n) is 6.00. The van der Waals surface area contributed by atoms with Crippen LogP contribution >= 0.6 is 0 Å². The van der Waals surface area contributed by atoms with Gasteiger partial charge >= 0.3 is 6.03 Å². The zero-order chi connectivity index (χ0) is 22.5. The zero-order valence-electron chi connectivity index (χ0n) is 18.2. The Kier molecular flexibility index (Phi) is 6.73. The summed E-state index contributed by atoms with van der Waals surface area (Å²) in [6.07, 6.45) is 5.35. The molecule has 2 aromatic carbocycles. The number of carbonyl (C=O) groups is 1. The largest absolute Gasteiger partial charge is 0.497 e. The first-order chi connectivity index (χ1) is 15.5. The second kappa shape index (κ2) is 9.85. The fourth-order valence-electron chi connectivity index (χ4n) is 4.20. The monoisotopic (exact) mass is 437 g/mol. The molecule has 0 atom stereocenters. The van der Waals surface area contributed by atoms with E-state index in [1.165, 1.54) is 18.6 Å². The van der Waals surface area contributed by atoms with E-state index in [-0.39, 0.29) is 36.5 Å². The summed E-state index contributed by atoms with van der Waals surface area (Å²) in [5.74, 6) is 0.332. The van der Waals surface area contributed by atoms with Crippen molar-refractivity contribution in [3.8, 4) is 5.75 Å². The number of hydrogen-bond acceptors (Lipinski definition) is 3. The van der Waals surface area contributed by atoms with Crippen molar-refractivity contribution < 1.29 is 13.9 Å². The highest BCUT2D eigenvalue weighted by Gasteiger charge is 2.21. The van der Waals surface area contributed by atoms with E-state index in [0.29, 0.717) is 16.8 Å². The van der Waals surface area contributed by atoms with Crippen molar-refractivity contribution in [3.05, 3.63) is 75.8 Å². The average Bonchev–Trinajstić information content (AvgIpc) is 2.80. The molecule has 1 heterocycles. The molecule has 3 aromatic rings. The number of pyridine rings is 1. The van der Waals surface area contributed by atoms with Gasteiger partial charge in [0.2, 0.25) is 0 Å². The summed E-state index contributed by atoms with van der Waals surface area (Å²) in [7, 11) is 1.58. The van der Waals surface area contributed by atoms with Crippen molar-refractivity contribution in [2.45, 2.75) is 51.2 Å². The van der Waals surface area contributed by atoms with E-state index < -0.39 is 0 Å². The summed E-state index contributed by atoms with van der Waals surface area (Å²) in [5.41, 5.74) is 1.71. The van der Waals surface area contributed by atoms with Crippen LogP contribution in [0.15, 0.2) is 53.3 Å². The first kappa shape index (κ1) is 21.9. The van der Waals surface area contributed by atoms with E-state index in [1.807, 2.05) is 12.1 Å². The van der Waals surface area contributed by atoms with Gasteiger partial charge < -0.3 is 19.9 Å². The van der Waals surface area contributed by atoms with Crippen LogP contribution in [-0.4, -0.2) is 29.1 Å². The Morgan fingerprint density at radius 1 is 1.09 bits per heavy atom. The van der Waals surface area contributed by atoms with Crippen molar-refractivity contribution in [3.63, 3.8) is 0 Å². The van der Waals surface area contributed by atoms with Gasteiger partial charge in [0.05, 0.1) is 19.2 Å². The Hall–Kier alpha value is -3.35. The highest BCUT2D eigenvalue weighted by atomic mass is 19.1. The highest BCUT2D eigenvalue weighted by Crippen LogP contribution is 2.21. The Labute approximate surface area is 186 Å². The van der Waals surface area contributed by atoms with E-state index in [9.17, 15) is 14.0 Å². The van der Waals surface area contributed by atoms with Crippen molar-refractivity contribution in [2.75, 3.05) is 7.11 Å². The highest BCUT2D eigenvalue weighted by molar-refractivity contribution is 5.80. The van der Waals surface area contributed by atoms with Crippen LogP contribution in [0, 0.1) is 5.82 Å². The number of benzene rings is 2. The average molecular weight is 438 g/mol. The normalized spacial score (nSPS) is 14.3. The molecule has 0 unspecified atom stereocenters. The molecule has 1 aliphatic rings. The number of fused-ring (bicyclic) bond motifs is 1. The maximum absolute atomic E-state index is 13.3. The third kappa shape index (κ3) is 5.28. The van der Waals surface area contributed by atoms with Crippen molar-refractivity contribution >= 4 is 16.9 Å².